The van der Waals surface area contributed by atoms with Gasteiger partial charge < -0.3 is 24.5 Å². The summed E-state index contributed by atoms with van der Waals surface area (Å²) in [5.74, 6) is 1.96. The van der Waals surface area contributed by atoms with Crippen molar-refractivity contribution in [2.45, 2.75) is 12.0 Å². The fraction of sp³-hybridized carbons (Fsp3) is 0.171. The van der Waals surface area contributed by atoms with E-state index in [2.05, 4.69) is 57.0 Å². The standard InChI is InChI=1S/C41H35N5O4/c1-42-38-33-23-43-37(22-32(33)34(24-44-38)40-45-35-21-30(48-2)18-19-36(35)50-40)46-39(47)31-20-26(31)25-49-41(27-12-6-3-7-13-27,28-14-8-4-9-15-28)29-16-10-5-11-17-29/h3-19,21-24,26,31H,20,25H2,1-2H3,(H,42,44)(H,43,46,47). The zero-order valence-electron chi connectivity index (χ0n) is 27.7. The van der Waals surface area contributed by atoms with Crippen LogP contribution in [-0.2, 0) is 15.1 Å². The van der Waals surface area contributed by atoms with E-state index in [9.17, 15) is 4.79 Å². The summed E-state index contributed by atoms with van der Waals surface area (Å²) in [7, 11) is 3.42. The molecule has 0 bridgehead atoms. The van der Waals surface area contributed by atoms with Gasteiger partial charge in [-0.15, -0.1) is 0 Å². The molecule has 2 atom stereocenters. The number of nitrogens with one attached hydrogen (secondary N) is 2. The van der Waals surface area contributed by atoms with Gasteiger partial charge in [-0.2, -0.15) is 0 Å². The first-order valence-corrected chi connectivity index (χ1v) is 16.6. The molecule has 3 heterocycles. The van der Waals surface area contributed by atoms with Crippen molar-refractivity contribution in [3.8, 4) is 17.2 Å². The zero-order valence-corrected chi connectivity index (χ0v) is 27.7. The second-order valence-electron chi connectivity index (χ2n) is 12.4. The van der Waals surface area contributed by atoms with Gasteiger partial charge in [0.15, 0.2) is 5.58 Å². The number of hydrogen-bond acceptors (Lipinski definition) is 8. The highest BCUT2D eigenvalue weighted by molar-refractivity contribution is 6.03. The molecule has 248 valence electrons. The fourth-order valence-electron chi connectivity index (χ4n) is 6.69. The average Bonchev–Trinajstić information content (AvgIpc) is 3.84. The molecule has 0 saturated heterocycles. The molecule has 1 aliphatic rings. The summed E-state index contributed by atoms with van der Waals surface area (Å²) >= 11 is 0. The fourth-order valence-corrected chi connectivity index (χ4v) is 6.69. The molecule has 0 radical (unpaired) electrons. The third-order valence-corrected chi connectivity index (χ3v) is 9.40. The Morgan fingerprint density at radius 3 is 2.12 bits per heavy atom. The summed E-state index contributed by atoms with van der Waals surface area (Å²) < 4.78 is 18.5. The predicted molar refractivity (Wildman–Crippen MR) is 194 cm³/mol. The van der Waals surface area contributed by atoms with E-state index in [1.54, 1.807) is 26.6 Å². The number of rotatable bonds is 11. The molecule has 1 aliphatic carbocycles. The van der Waals surface area contributed by atoms with Gasteiger partial charge in [-0.05, 0) is 47.2 Å². The van der Waals surface area contributed by atoms with Crippen molar-refractivity contribution in [1.82, 2.24) is 15.0 Å². The van der Waals surface area contributed by atoms with Crippen LogP contribution in [0, 0.1) is 11.8 Å². The minimum Gasteiger partial charge on any atom is -0.497 e. The second-order valence-corrected chi connectivity index (χ2v) is 12.4. The molecule has 8 rings (SSSR count). The summed E-state index contributed by atoms with van der Waals surface area (Å²) in [5, 5.41) is 7.76. The van der Waals surface area contributed by atoms with Crippen LogP contribution < -0.4 is 15.4 Å². The number of oxazole rings is 1. The summed E-state index contributed by atoms with van der Waals surface area (Å²) in [5.41, 5.74) is 4.25. The molecule has 1 saturated carbocycles. The van der Waals surface area contributed by atoms with E-state index < -0.39 is 5.60 Å². The number of fused-ring (bicyclic) bond motifs is 2. The summed E-state index contributed by atoms with van der Waals surface area (Å²) in [6.45, 7) is 0.409. The van der Waals surface area contributed by atoms with E-state index in [4.69, 9.17) is 18.9 Å². The van der Waals surface area contributed by atoms with Crippen LogP contribution in [0.1, 0.15) is 23.1 Å². The molecule has 4 aromatic carbocycles. The van der Waals surface area contributed by atoms with Gasteiger partial charge in [0, 0.05) is 42.2 Å². The molecule has 50 heavy (non-hydrogen) atoms. The summed E-state index contributed by atoms with van der Waals surface area (Å²) in [6, 6.07) is 38.2. The number of amides is 1. The highest BCUT2D eigenvalue weighted by atomic mass is 16.5. The Labute approximate surface area is 289 Å². The summed E-state index contributed by atoms with van der Waals surface area (Å²) in [6.07, 6.45) is 4.15. The van der Waals surface area contributed by atoms with Crippen LogP contribution in [0.5, 0.6) is 5.75 Å². The lowest BCUT2D eigenvalue weighted by Gasteiger charge is -2.36. The van der Waals surface area contributed by atoms with Crippen LogP contribution in [0.2, 0.25) is 0 Å². The van der Waals surface area contributed by atoms with Gasteiger partial charge in [0.05, 0.1) is 19.3 Å². The number of methoxy groups -OCH3 is 1. The minimum atomic E-state index is -0.835. The maximum absolute atomic E-state index is 13.6. The molecule has 1 amide bonds. The molecule has 0 spiro atoms. The maximum atomic E-state index is 13.6. The number of anilines is 2. The van der Waals surface area contributed by atoms with Crippen molar-refractivity contribution in [2.75, 3.05) is 31.4 Å². The van der Waals surface area contributed by atoms with Crippen molar-refractivity contribution in [1.29, 1.82) is 0 Å². The number of benzene rings is 4. The van der Waals surface area contributed by atoms with E-state index >= 15 is 0 Å². The number of pyridine rings is 2. The van der Waals surface area contributed by atoms with E-state index in [1.807, 2.05) is 78.9 Å². The monoisotopic (exact) mass is 661 g/mol. The van der Waals surface area contributed by atoms with Crippen LogP contribution in [0.4, 0.5) is 11.6 Å². The van der Waals surface area contributed by atoms with Gasteiger partial charge in [0.1, 0.15) is 28.5 Å². The number of carbonyl (C=O) groups excluding carboxylic acids is 1. The molecule has 2 unspecified atom stereocenters. The van der Waals surface area contributed by atoms with Crippen LogP contribution in [0.3, 0.4) is 0 Å². The molecule has 0 aliphatic heterocycles. The minimum absolute atomic E-state index is 0.0540. The highest BCUT2D eigenvalue weighted by Gasteiger charge is 2.46. The van der Waals surface area contributed by atoms with Crippen LogP contribution in [0.25, 0.3) is 33.3 Å². The van der Waals surface area contributed by atoms with Gasteiger partial charge in [-0.1, -0.05) is 91.0 Å². The lowest BCUT2D eigenvalue weighted by molar-refractivity contribution is -0.118. The first kappa shape index (κ1) is 31.2. The number of nitrogens with zero attached hydrogens (tertiary/aromatic N) is 3. The first-order valence-electron chi connectivity index (χ1n) is 16.6. The Hall–Kier alpha value is -6.06. The quantitative estimate of drug-likeness (QED) is 0.134. The molecular formula is C41H35N5O4. The molecule has 2 N–H and O–H groups in total. The van der Waals surface area contributed by atoms with Crippen LogP contribution >= 0.6 is 0 Å². The van der Waals surface area contributed by atoms with Gasteiger partial charge >= 0.3 is 0 Å². The second kappa shape index (κ2) is 13.1. The third kappa shape index (κ3) is 5.71. The average molecular weight is 662 g/mol. The smallest absolute Gasteiger partial charge is 0.229 e. The highest BCUT2D eigenvalue weighted by Crippen LogP contribution is 2.45. The van der Waals surface area contributed by atoms with Gasteiger partial charge in [0.25, 0.3) is 0 Å². The van der Waals surface area contributed by atoms with Gasteiger partial charge in [-0.3, -0.25) is 4.79 Å². The van der Waals surface area contributed by atoms with Crippen molar-refractivity contribution in [3.05, 3.63) is 144 Å². The lowest BCUT2D eigenvalue weighted by atomic mass is 9.80. The molecular weight excluding hydrogens is 626 g/mol. The first-order chi connectivity index (χ1) is 24.6. The third-order valence-electron chi connectivity index (χ3n) is 9.40. The summed E-state index contributed by atoms with van der Waals surface area (Å²) in [4.78, 5) is 27.5. The maximum Gasteiger partial charge on any atom is 0.229 e. The van der Waals surface area contributed by atoms with Crippen molar-refractivity contribution >= 4 is 39.4 Å². The van der Waals surface area contributed by atoms with Gasteiger partial charge in [0.2, 0.25) is 11.8 Å². The lowest BCUT2D eigenvalue weighted by Crippen LogP contribution is -2.34. The van der Waals surface area contributed by atoms with Crippen LogP contribution in [0.15, 0.2) is 132 Å². The molecule has 9 heteroatoms. The van der Waals surface area contributed by atoms with Crippen LogP contribution in [-0.4, -0.2) is 41.6 Å². The van der Waals surface area contributed by atoms with Crippen molar-refractivity contribution in [2.24, 2.45) is 11.8 Å². The Balaban J connectivity index is 1.05. The number of ether oxygens (including phenoxy) is 2. The van der Waals surface area contributed by atoms with Crippen molar-refractivity contribution < 1.29 is 18.7 Å². The molecule has 3 aromatic heterocycles. The number of aromatic nitrogens is 3. The largest absolute Gasteiger partial charge is 0.497 e. The van der Waals surface area contributed by atoms with E-state index in [0.717, 1.165) is 33.9 Å². The number of carbonyl (C=O) groups is 1. The predicted octanol–water partition coefficient (Wildman–Crippen LogP) is 8.07. The SMILES string of the molecule is CNc1ncc(-c2nc3cc(OC)ccc3o2)c2cc(NC(=O)C3CC3COC(c3ccccc3)(c3ccccc3)c3ccccc3)ncc12. The normalized spacial score (nSPS) is 15.6. The van der Waals surface area contributed by atoms with Gasteiger partial charge in [-0.25, -0.2) is 15.0 Å². The Morgan fingerprint density at radius 1 is 0.840 bits per heavy atom. The van der Waals surface area contributed by atoms with Crippen molar-refractivity contribution in [3.63, 3.8) is 0 Å². The van der Waals surface area contributed by atoms with E-state index in [-0.39, 0.29) is 17.7 Å². The molecule has 1 fully saturated rings. The Morgan fingerprint density at radius 2 is 1.50 bits per heavy atom. The number of hydrogen-bond donors (Lipinski definition) is 2. The molecule has 7 aromatic rings. The van der Waals surface area contributed by atoms with E-state index in [1.165, 1.54) is 0 Å². The Kier molecular flexibility index (Phi) is 8.18. The molecule has 9 nitrogen and oxygen atoms in total. The Bertz CT molecular complexity index is 2200. The topological polar surface area (TPSA) is 111 Å². The zero-order chi connectivity index (χ0) is 34.1. The van der Waals surface area contributed by atoms with E-state index in [0.29, 0.717) is 46.5 Å².